The Bertz CT molecular complexity index is 327. The zero-order valence-corrected chi connectivity index (χ0v) is 14.6. The molecule has 0 rings (SSSR count). The average Bonchev–Trinajstić information content (AvgIpc) is 2.41. The fourth-order valence-electron chi connectivity index (χ4n) is 2.64. The van der Waals surface area contributed by atoms with Crippen LogP contribution in [0.1, 0.15) is 90.9 Å². The molecule has 128 valence electrons. The summed E-state index contributed by atoms with van der Waals surface area (Å²) in [5, 5.41) is 9.22. The molecule has 0 heterocycles. The molecule has 0 radical (unpaired) electrons. The van der Waals surface area contributed by atoms with Gasteiger partial charge in [-0.15, -0.1) is 0 Å². The highest BCUT2D eigenvalue weighted by molar-refractivity contribution is 7.86. The van der Waals surface area contributed by atoms with Crippen molar-refractivity contribution in [3.05, 3.63) is 0 Å². The van der Waals surface area contributed by atoms with Crippen LogP contribution in [0, 0.1) is 0 Å². The van der Waals surface area contributed by atoms with Gasteiger partial charge in [0.2, 0.25) is 0 Å². The molecule has 0 spiro atoms. The van der Waals surface area contributed by atoms with Crippen LogP contribution < -0.4 is 0 Å². The molecule has 0 fully saturated rings. The van der Waals surface area contributed by atoms with Crippen LogP contribution in [-0.4, -0.2) is 29.4 Å². The van der Waals surface area contributed by atoms with Crippen LogP contribution in [0.15, 0.2) is 0 Å². The molecule has 0 aliphatic carbocycles. The van der Waals surface area contributed by atoms with Gasteiger partial charge in [0.25, 0.3) is 10.1 Å². The first-order valence-electron chi connectivity index (χ1n) is 8.56. The Morgan fingerprint density at radius 2 is 1.29 bits per heavy atom. The summed E-state index contributed by atoms with van der Waals surface area (Å²) in [7, 11) is -3.90. The summed E-state index contributed by atoms with van der Waals surface area (Å²) in [5.74, 6) is 0. The molecule has 2 unspecified atom stereocenters. The summed E-state index contributed by atoms with van der Waals surface area (Å²) in [4.78, 5) is 0. The minimum absolute atomic E-state index is 0.213. The number of hydrogen-bond donors (Lipinski definition) is 2. The third kappa shape index (κ3) is 12.1. The van der Waals surface area contributed by atoms with Gasteiger partial charge in [-0.2, -0.15) is 8.42 Å². The van der Waals surface area contributed by atoms with E-state index in [1.54, 1.807) is 0 Å². The number of rotatable bonds is 14. The first-order chi connectivity index (χ1) is 9.91. The molecule has 0 bridgehead atoms. The molecular formula is C16H34O4S. The van der Waals surface area contributed by atoms with Crippen LogP contribution >= 0.6 is 0 Å². The molecule has 0 amide bonds. The maximum absolute atomic E-state index is 11.2. The second-order valence-corrected chi connectivity index (χ2v) is 7.76. The first-order valence-corrected chi connectivity index (χ1v) is 10.1. The molecular weight excluding hydrogens is 288 g/mol. The SMILES string of the molecule is CCCCCCC(O)CCCCCC(CCC)S(=O)(=O)O. The van der Waals surface area contributed by atoms with Gasteiger partial charge >= 0.3 is 0 Å². The number of hydrogen-bond acceptors (Lipinski definition) is 3. The predicted octanol–water partition coefficient (Wildman–Crippen LogP) is 4.32. The van der Waals surface area contributed by atoms with Crippen LogP contribution in [-0.2, 0) is 10.1 Å². The van der Waals surface area contributed by atoms with E-state index in [-0.39, 0.29) is 6.10 Å². The van der Waals surface area contributed by atoms with Gasteiger partial charge in [-0.05, 0) is 25.7 Å². The molecule has 0 aliphatic heterocycles. The van der Waals surface area contributed by atoms with Crippen LogP contribution in [0.5, 0.6) is 0 Å². The van der Waals surface area contributed by atoms with Crippen LogP contribution in [0.3, 0.4) is 0 Å². The summed E-state index contributed by atoms with van der Waals surface area (Å²) in [6.07, 6.45) is 10.7. The monoisotopic (exact) mass is 322 g/mol. The van der Waals surface area contributed by atoms with Gasteiger partial charge in [0, 0.05) is 0 Å². The Morgan fingerprint density at radius 1 is 0.762 bits per heavy atom. The highest BCUT2D eigenvalue weighted by Crippen LogP contribution is 2.17. The Labute approximate surface area is 131 Å². The van der Waals surface area contributed by atoms with E-state index in [1.165, 1.54) is 19.3 Å². The third-order valence-corrected chi connectivity index (χ3v) is 5.30. The topological polar surface area (TPSA) is 74.6 Å². The van der Waals surface area contributed by atoms with E-state index in [0.29, 0.717) is 12.8 Å². The molecule has 0 saturated carbocycles. The van der Waals surface area contributed by atoms with E-state index >= 15 is 0 Å². The van der Waals surface area contributed by atoms with E-state index < -0.39 is 15.4 Å². The largest absolute Gasteiger partial charge is 0.393 e. The van der Waals surface area contributed by atoms with Crippen LogP contribution in [0.25, 0.3) is 0 Å². The molecule has 2 atom stereocenters. The lowest BCUT2D eigenvalue weighted by Gasteiger charge is -2.13. The van der Waals surface area contributed by atoms with Gasteiger partial charge in [-0.3, -0.25) is 4.55 Å². The molecule has 5 heteroatoms. The smallest absolute Gasteiger partial charge is 0.267 e. The highest BCUT2D eigenvalue weighted by Gasteiger charge is 2.21. The van der Waals surface area contributed by atoms with E-state index in [0.717, 1.165) is 44.9 Å². The summed E-state index contributed by atoms with van der Waals surface area (Å²) >= 11 is 0. The van der Waals surface area contributed by atoms with Crippen molar-refractivity contribution >= 4 is 10.1 Å². The second kappa shape index (κ2) is 12.4. The fraction of sp³-hybridized carbons (Fsp3) is 1.00. The normalized spacial score (nSPS) is 15.0. The standard InChI is InChI=1S/C16H34O4S/c1-3-5-6-8-12-15(17)13-9-7-10-14-16(11-4-2)21(18,19)20/h15-17H,3-14H2,1-2H3,(H,18,19,20). The lowest BCUT2D eigenvalue weighted by molar-refractivity contribution is 0.147. The summed E-state index contributed by atoms with van der Waals surface area (Å²) in [6, 6.07) is 0. The van der Waals surface area contributed by atoms with E-state index in [2.05, 4.69) is 6.92 Å². The Kier molecular flexibility index (Phi) is 12.3. The number of aliphatic hydroxyl groups excluding tert-OH is 1. The molecule has 4 nitrogen and oxygen atoms in total. The van der Waals surface area contributed by atoms with Crippen molar-refractivity contribution in [2.45, 2.75) is 102 Å². The van der Waals surface area contributed by atoms with Gasteiger partial charge in [0.15, 0.2) is 0 Å². The lowest BCUT2D eigenvalue weighted by atomic mass is 10.0. The fourth-order valence-corrected chi connectivity index (χ4v) is 3.64. The van der Waals surface area contributed by atoms with Gasteiger partial charge in [0.05, 0.1) is 11.4 Å². The second-order valence-electron chi connectivity index (χ2n) is 6.07. The molecule has 0 aromatic rings. The van der Waals surface area contributed by atoms with Crippen molar-refractivity contribution in [3.63, 3.8) is 0 Å². The Hall–Kier alpha value is -0.130. The molecule has 0 aliphatic rings. The van der Waals surface area contributed by atoms with Crippen molar-refractivity contribution in [3.8, 4) is 0 Å². The Balaban J connectivity index is 3.65. The maximum Gasteiger partial charge on any atom is 0.267 e. The van der Waals surface area contributed by atoms with Crippen molar-refractivity contribution in [2.75, 3.05) is 0 Å². The quantitative estimate of drug-likeness (QED) is 0.369. The average molecular weight is 323 g/mol. The highest BCUT2D eigenvalue weighted by atomic mass is 32.2. The summed E-state index contributed by atoms with van der Waals surface area (Å²) in [6.45, 7) is 4.10. The number of unbranched alkanes of at least 4 members (excludes halogenated alkanes) is 5. The third-order valence-electron chi connectivity index (χ3n) is 3.99. The molecule has 0 saturated heterocycles. The molecule has 0 aromatic carbocycles. The van der Waals surface area contributed by atoms with Crippen molar-refractivity contribution < 1.29 is 18.1 Å². The van der Waals surface area contributed by atoms with Crippen molar-refractivity contribution in [1.29, 1.82) is 0 Å². The summed E-state index contributed by atoms with van der Waals surface area (Å²) < 4.78 is 31.5. The van der Waals surface area contributed by atoms with E-state index in [4.69, 9.17) is 4.55 Å². The molecule has 0 aromatic heterocycles. The molecule has 2 N–H and O–H groups in total. The predicted molar refractivity (Wildman–Crippen MR) is 88.1 cm³/mol. The van der Waals surface area contributed by atoms with Crippen molar-refractivity contribution in [1.82, 2.24) is 0 Å². The van der Waals surface area contributed by atoms with Gasteiger partial charge in [-0.1, -0.05) is 65.2 Å². The molecule has 21 heavy (non-hydrogen) atoms. The minimum Gasteiger partial charge on any atom is -0.393 e. The first kappa shape index (κ1) is 20.9. The van der Waals surface area contributed by atoms with Gasteiger partial charge in [0.1, 0.15) is 0 Å². The summed E-state index contributed by atoms with van der Waals surface area (Å²) in [5.41, 5.74) is 0. The zero-order chi connectivity index (χ0) is 16.1. The number of aliphatic hydroxyl groups is 1. The van der Waals surface area contributed by atoms with Gasteiger partial charge < -0.3 is 5.11 Å². The van der Waals surface area contributed by atoms with E-state index in [9.17, 15) is 13.5 Å². The van der Waals surface area contributed by atoms with Crippen LogP contribution in [0.2, 0.25) is 0 Å². The van der Waals surface area contributed by atoms with Crippen molar-refractivity contribution in [2.24, 2.45) is 0 Å². The van der Waals surface area contributed by atoms with Gasteiger partial charge in [-0.25, -0.2) is 0 Å². The van der Waals surface area contributed by atoms with E-state index in [1.807, 2.05) is 6.92 Å². The Morgan fingerprint density at radius 3 is 1.76 bits per heavy atom. The minimum atomic E-state index is -3.90. The lowest BCUT2D eigenvalue weighted by Crippen LogP contribution is -2.20. The maximum atomic E-state index is 11.2. The zero-order valence-electron chi connectivity index (χ0n) is 13.8. The van der Waals surface area contributed by atoms with Crippen LogP contribution in [0.4, 0.5) is 0 Å².